The van der Waals surface area contributed by atoms with Gasteiger partial charge >= 0.3 is 0 Å². The van der Waals surface area contributed by atoms with Gasteiger partial charge in [-0.1, -0.05) is 202 Å². The van der Waals surface area contributed by atoms with Gasteiger partial charge in [-0.25, -0.2) is 0 Å². The van der Waals surface area contributed by atoms with Crippen LogP contribution in [-0.4, -0.2) is 6.54 Å². The molecule has 0 saturated carbocycles. The summed E-state index contributed by atoms with van der Waals surface area (Å²) in [6.45, 7) is 9.81. The van der Waals surface area contributed by atoms with Crippen molar-refractivity contribution in [2.45, 2.75) is 24.7 Å². The normalized spacial score (nSPS) is 14.8. The van der Waals surface area contributed by atoms with Crippen molar-refractivity contribution in [3.05, 3.63) is 270 Å². The highest BCUT2D eigenvalue weighted by atomic mass is 16.5. The van der Waals surface area contributed by atoms with Crippen molar-refractivity contribution in [3.8, 4) is 33.8 Å². The van der Waals surface area contributed by atoms with Gasteiger partial charge in [0.25, 0.3) is 0 Å². The lowest BCUT2D eigenvalue weighted by molar-refractivity contribution is 0.446. The number of allylic oxidation sites excluding steroid dienone is 4. The highest BCUT2D eigenvalue weighted by molar-refractivity contribution is 6.06. The first-order valence-corrected chi connectivity index (χ1v) is 24.3. The van der Waals surface area contributed by atoms with Crippen molar-refractivity contribution < 1.29 is 9.15 Å². The molecule has 14 rings (SSSR count). The molecule has 0 radical (unpaired) electrons. The summed E-state index contributed by atoms with van der Waals surface area (Å²) >= 11 is 0. The van der Waals surface area contributed by atoms with E-state index in [-0.39, 0.29) is 5.41 Å². The predicted molar refractivity (Wildman–Crippen MR) is 291 cm³/mol. The molecule has 1 spiro atoms. The molecule has 1 aromatic heterocycles. The third-order valence-electron chi connectivity index (χ3n) is 15.6. The van der Waals surface area contributed by atoms with Crippen molar-refractivity contribution in [3.63, 3.8) is 0 Å². The molecule has 70 heavy (non-hydrogen) atoms. The Labute approximate surface area is 407 Å². The van der Waals surface area contributed by atoms with Crippen LogP contribution in [0.25, 0.3) is 71.3 Å². The zero-order valence-electron chi connectivity index (χ0n) is 39.0. The molecular formula is C67H47NO2. The van der Waals surface area contributed by atoms with Crippen LogP contribution in [0.2, 0.25) is 0 Å². The zero-order valence-corrected chi connectivity index (χ0v) is 39.0. The fourth-order valence-electron chi connectivity index (χ4n) is 12.3. The van der Waals surface area contributed by atoms with E-state index in [0.29, 0.717) is 6.54 Å². The van der Waals surface area contributed by atoms with Gasteiger partial charge in [0, 0.05) is 56.0 Å². The van der Waals surface area contributed by atoms with Crippen LogP contribution in [0.15, 0.2) is 241 Å². The van der Waals surface area contributed by atoms with Crippen LogP contribution >= 0.6 is 0 Å². The number of benzene rings is 10. The van der Waals surface area contributed by atoms with E-state index in [2.05, 4.69) is 238 Å². The number of anilines is 2. The van der Waals surface area contributed by atoms with Crippen LogP contribution in [0.4, 0.5) is 11.4 Å². The molecule has 0 amide bonds. The summed E-state index contributed by atoms with van der Waals surface area (Å²) in [5.41, 5.74) is 17.8. The van der Waals surface area contributed by atoms with E-state index in [4.69, 9.17) is 9.15 Å². The van der Waals surface area contributed by atoms with Gasteiger partial charge in [-0.05, 0) is 109 Å². The number of nitrogens with zero attached hydrogens (tertiary/aromatic N) is 1. The molecular weight excluding hydrogens is 851 g/mol. The third-order valence-corrected chi connectivity index (χ3v) is 15.6. The van der Waals surface area contributed by atoms with Crippen molar-refractivity contribution in [2.75, 3.05) is 11.4 Å². The lowest BCUT2D eigenvalue weighted by Gasteiger charge is -2.41. The molecule has 11 aromatic rings. The summed E-state index contributed by atoms with van der Waals surface area (Å²) in [5, 5.41) is 6.76. The molecule has 3 heteroatoms. The molecule has 0 fully saturated rings. The first kappa shape index (κ1) is 40.4. The molecule has 10 aromatic carbocycles. The van der Waals surface area contributed by atoms with E-state index in [1.54, 1.807) is 0 Å². The number of ether oxygens (including phenoxy) is 1. The van der Waals surface area contributed by atoms with E-state index < -0.39 is 5.41 Å². The molecule has 0 bridgehead atoms. The van der Waals surface area contributed by atoms with Gasteiger partial charge in [-0.15, -0.1) is 0 Å². The summed E-state index contributed by atoms with van der Waals surface area (Å²) in [6.07, 6.45) is 6.80. The molecule has 3 nitrogen and oxygen atoms in total. The monoisotopic (exact) mass is 897 g/mol. The summed E-state index contributed by atoms with van der Waals surface area (Å²) < 4.78 is 13.6. The molecule has 0 saturated heterocycles. The van der Waals surface area contributed by atoms with Gasteiger partial charge in [0.15, 0.2) is 0 Å². The second kappa shape index (κ2) is 15.2. The molecule has 1 aliphatic heterocycles. The maximum atomic E-state index is 7.25. The van der Waals surface area contributed by atoms with Gasteiger partial charge in [0.1, 0.15) is 22.7 Å². The Morgan fingerprint density at radius 1 is 0.471 bits per heavy atom. The minimum absolute atomic E-state index is 0.0932. The highest BCUT2D eigenvalue weighted by Gasteiger charge is 2.52. The van der Waals surface area contributed by atoms with Gasteiger partial charge in [-0.3, -0.25) is 0 Å². The summed E-state index contributed by atoms with van der Waals surface area (Å²) in [4.78, 5) is 2.45. The maximum Gasteiger partial charge on any atom is 0.140 e. The second-order valence-corrected chi connectivity index (χ2v) is 19.5. The van der Waals surface area contributed by atoms with Gasteiger partial charge in [-0.2, -0.15) is 0 Å². The van der Waals surface area contributed by atoms with Crippen molar-refractivity contribution >= 4 is 60.4 Å². The van der Waals surface area contributed by atoms with Crippen LogP contribution in [0.3, 0.4) is 0 Å². The Morgan fingerprint density at radius 3 is 1.77 bits per heavy atom. The molecule has 332 valence electrons. The van der Waals surface area contributed by atoms with Crippen LogP contribution < -0.4 is 9.64 Å². The number of hydrogen-bond donors (Lipinski definition) is 0. The van der Waals surface area contributed by atoms with E-state index in [0.717, 1.165) is 94.2 Å². The number of para-hydroxylation sites is 1. The lowest BCUT2D eigenvalue weighted by Crippen LogP contribution is -2.33. The Hall–Kier alpha value is -8.66. The first-order valence-electron chi connectivity index (χ1n) is 24.3. The van der Waals surface area contributed by atoms with Crippen LogP contribution in [0.1, 0.15) is 47.2 Å². The van der Waals surface area contributed by atoms with Gasteiger partial charge in [0.05, 0.1) is 5.41 Å². The molecule has 2 heterocycles. The third kappa shape index (κ3) is 5.69. The number of hydrogen-bond acceptors (Lipinski definition) is 3. The lowest BCUT2D eigenvalue weighted by atomic mass is 9.64. The average molecular weight is 898 g/mol. The van der Waals surface area contributed by atoms with Crippen molar-refractivity contribution in [1.82, 2.24) is 0 Å². The van der Waals surface area contributed by atoms with E-state index in [9.17, 15) is 0 Å². The van der Waals surface area contributed by atoms with Crippen molar-refractivity contribution in [2.24, 2.45) is 0 Å². The zero-order chi connectivity index (χ0) is 46.7. The molecule has 0 unspecified atom stereocenters. The van der Waals surface area contributed by atoms with E-state index in [1.165, 1.54) is 39.0 Å². The first-order chi connectivity index (χ1) is 34.4. The quantitative estimate of drug-likeness (QED) is 0.159. The maximum absolute atomic E-state index is 7.25. The number of fused-ring (bicyclic) bond motifs is 16. The molecule has 0 atom stereocenters. The van der Waals surface area contributed by atoms with Crippen LogP contribution in [-0.2, 0) is 10.8 Å². The van der Waals surface area contributed by atoms with E-state index in [1.807, 2.05) is 12.1 Å². The molecule has 0 N–H and O–H groups in total. The topological polar surface area (TPSA) is 25.6 Å². The van der Waals surface area contributed by atoms with Crippen LogP contribution in [0.5, 0.6) is 11.5 Å². The second-order valence-electron chi connectivity index (χ2n) is 19.5. The summed E-state index contributed by atoms with van der Waals surface area (Å²) in [5.74, 6) is 1.80. The predicted octanol–water partition coefficient (Wildman–Crippen LogP) is 17.7. The Kier molecular flexibility index (Phi) is 8.76. The average Bonchev–Trinajstić information content (AvgIpc) is 4.00. The fraction of sp³-hybridized carbons (Fsp3) is 0.0746. The largest absolute Gasteiger partial charge is 0.456 e. The Balaban J connectivity index is 0.932. The number of rotatable bonds is 7. The van der Waals surface area contributed by atoms with Gasteiger partial charge in [0.2, 0.25) is 0 Å². The smallest absolute Gasteiger partial charge is 0.140 e. The Morgan fingerprint density at radius 2 is 1.04 bits per heavy atom. The SMILES string of the molecule is C=CC1=C(/C=C\CN(c2ccc(-c3ccc4c(c3)oc3ccccc34)cc2)c2ccc3c(c2)-c2ccccc2C3(C)C)C2(c3ccccc31)c1ccc3ccccc3c1Oc1c2ccc2ccccc12. The molecule has 3 aliphatic rings. The minimum atomic E-state index is -0.691. The Bertz CT molecular complexity index is 3980. The highest BCUT2D eigenvalue weighted by Crippen LogP contribution is 2.63. The van der Waals surface area contributed by atoms with Crippen LogP contribution in [0, 0.1) is 0 Å². The fourth-order valence-corrected chi connectivity index (χ4v) is 12.3. The van der Waals surface area contributed by atoms with Crippen molar-refractivity contribution in [1.29, 1.82) is 0 Å². The standard InChI is InChI=1S/C67H47NO2/c1-4-48-51-20-10-13-24-59(51)67(60-36-30-43-16-5-7-18-49(43)64(60)70-65-50-19-8-6-17-44(50)31-37-61(65)67)58(48)25-15-39-68(47-34-38-57-55(41-47)52-21-9-12-23-56(52)66(57,2)3)46-32-27-42(28-33-46)45-29-35-54-53-22-11-14-26-62(53)69-63(54)40-45/h4-38,40-41H,1,39H2,2-3H3/b25-15-. The van der Waals surface area contributed by atoms with E-state index >= 15 is 0 Å². The summed E-state index contributed by atoms with van der Waals surface area (Å²) in [6, 6.07) is 75.0. The minimum Gasteiger partial charge on any atom is -0.456 e. The number of furan rings is 1. The van der Waals surface area contributed by atoms with Gasteiger partial charge < -0.3 is 14.1 Å². The molecule has 2 aliphatic carbocycles. The summed E-state index contributed by atoms with van der Waals surface area (Å²) in [7, 11) is 0.